The Morgan fingerprint density at radius 3 is 2.66 bits per heavy atom. The largest absolute Gasteiger partial charge is 0.309 e. The van der Waals surface area contributed by atoms with E-state index in [2.05, 4.69) is 52.9 Å². The quantitative estimate of drug-likeness (QED) is 0.331. The van der Waals surface area contributed by atoms with Gasteiger partial charge in [-0.25, -0.2) is 9.97 Å². The van der Waals surface area contributed by atoms with Gasteiger partial charge < -0.3 is 10.6 Å². The SMILES string of the molecule is C=C(C#Cc1nc(NC(=O)C(C)NC)ccc1-c1c(C)nc2ccccn12)/C=C(\C)CCC.CC. The number of anilines is 1. The Bertz CT molecular complexity index is 1270. The van der Waals surface area contributed by atoms with Gasteiger partial charge >= 0.3 is 0 Å². The van der Waals surface area contributed by atoms with Crippen molar-refractivity contribution < 1.29 is 4.79 Å². The van der Waals surface area contributed by atoms with Crippen molar-refractivity contribution in [3.05, 3.63) is 71.7 Å². The molecule has 0 aliphatic heterocycles. The van der Waals surface area contributed by atoms with Gasteiger partial charge in [0.05, 0.1) is 17.4 Å². The third-order valence-electron chi connectivity index (χ3n) is 5.34. The lowest BCUT2D eigenvalue weighted by Gasteiger charge is -2.12. The first-order valence-corrected chi connectivity index (χ1v) is 12.1. The van der Waals surface area contributed by atoms with Gasteiger partial charge in [0.1, 0.15) is 17.2 Å². The molecule has 3 rings (SSSR count). The summed E-state index contributed by atoms with van der Waals surface area (Å²) < 4.78 is 2.03. The third kappa shape index (κ3) is 7.14. The number of carbonyl (C=O) groups is 1. The molecule has 3 heterocycles. The summed E-state index contributed by atoms with van der Waals surface area (Å²) in [5, 5.41) is 5.79. The average Bonchev–Trinajstić information content (AvgIpc) is 3.19. The lowest BCUT2D eigenvalue weighted by atomic mass is 10.1. The number of nitrogens with one attached hydrogen (secondary N) is 2. The highest BCUT2D eigenvalue weighted by Crippen LogP contribution is 2.28. The normalized spacial score (nSPS) is 11.7. The summed E-state index contributed by atoms with van der Waals surface area (Å²) >= 11 is 0. The van der Waals surface area contributed by atoms with Gasteiger partial charge in [-0.3, -0.25) is 9.20 Å². The van der Waals surface area contributed by atoms with Crippen LogP contribution in [0.25, 0.3) is 16.9 Å². The van der Waals surface area contributed by atoms with Crippen molar-refractivity contribution in [3.8, 4) is 23.1 Å². The van der Waals surface area contributed by atoms with E-state index in [-0.39, 0.29) is 11.9 Å². The molecule has 35 heavy (non-hydrogen) atoms. The maximum atomic E-state index is 12.4. The van der Waals surface area contributed by atoms with Gasteiger partial charge in [0.2, 0.25) is 5.91 Å². The number of allylic oxidation sites excluding steroid dienone is 3. The Hall–Kier alpha value is -3.69. The van der Waals surface area contributed by atoms with Gasteiger partial charge in [0.25, 0.3) is 0 Å². The topological polar surface area (TPSA) is 71.3 Å². The number of fused-ring (bicyclic) bond motifs is 1. The molecular formula is C29H37N5O. The molecule has 0 aliphatic rings. The predicted octanol–water partition coefficient (Wildman–Crippen LogP) is 5.93. The zero-order chi connectivity index (χ0) is 26.0. The van der Waals surface area contributed by atoms with E-state index in [4.69, 9.17) is 0 Å². The molecule has 3 aromatic rings. The maximum absolute atomic E-state index is 12.4. The van der Waals surface area contributed by atoms with E-state index in [0.717, 1.165) is 41.0 Å². The Labute approximate surface area is 209 Å². The lowest BCUT2D eigenvalue weighted by Crippen LogP contribution is -2.35. The van der Waals surface area contributed by atoms with Crippen molar-refractivity contribution in [3.63, 3.8) is 0 Å². The zero-order valence-corrected chi connectivity index (χ0v) is 22.0. The molecule has 0 radical (unpaired) electrons. The third-order valence-corrected chi connectivity index (χ3v) is 5.34. The van der Waals surface area contributed by atoms with Gasteiger partial charge in [0, 0.05) is 17.3 Å². The van der Waals surface area contributed by atoms with E-state index < -0.39 is 0 Å². The highest BCUT2D eigenvalue weighted by atomic mass is 16.2. The van der Waals surface area contributed by atoms with Crippen LogP contribution in [0.1, 0.15) is 58.8 Å². The molecule has 0 saturated heterocycles. The number of imidazole rings is 1. The maximum Gasteiger partial charge on any atom is 0.242 e. The fraction of sp³-hybridized carbons (Fsp3) is 0.345. The Morgan fingerprint density at radius 1 is 1.23 bits per heavy atom. The molecule has 3 aromatic heterocycles. The monoisotopic (exact) mass is 471 g/mol. The van der Waals surface area contributed by atoms with E-state index in [1.54, 1.807) is 20.0 Å². The van der Waals surface area contributed by atoms with Crippen LogP contribution in [-0.4, -0.2) is 33.4 Å². The van der Waals surface area contributed by atoms with Crippen LogP contribution in [0.5, 0.6) is 0 Å². The summed E-state index contributed by atoms with van der Waals surface area (Å²) in [7, 11) is 1.74. The van der Waals surface area contributed by atoms with E-state index in [9.17, 15) is 4.79 Å². The Balaban J connectivity index is 0.00000210. The van der Waals surface area contributed by atoms with Crippen molar-refractivity contribution in [2.24, 2.45) is 0 Å². The summed E-state index contributed by atoms with van der Waals surface area (Å²) in [6.07, 6.45) is 6.07. The summed E-state index contributed by atoms with van der Waals surface area (Å²) in [5.74, 6) is 6.61. The fourth-order valence-electron chi connectivity index (χ4n) is 3.56. The zero-order valence-electron chi connectivity index (χ0n) is 22.0. The van der Waals surface area contributed by atoms with E-state index in [1.807, 2.05) is 61.7 Å². The fourth-order valence-corrected chi connectivity index (χ4v) is 3.56. The molecule has 6 nitrogen and oxygen atoms in total. The molecule has 0 fully saturated rings. The molecular weight excluding hydrogens is 434 g/mol. The number of amides is 1. The molecule has 2 N–H and O–H groups in total. The van der Waals surface area contributed by atoms with Crippen LogP contribution in [0.4, 0.5) is 5.82 Å². The van der Waals surface area contributed by atoms with Gasteiger partial charge in [-0.05, 0) is 70.5 Å². The summed E-state index contributed by atoms with van der Waals surface area (Å²) in [5.41, 5.74) is 6.02. The van der Waals surface area contributed by atoms with Crippen molar-refractivity contribution in [2.45, 2.75) is 60.4 Å². The van der Waals surface area contributed by atoms with Crippen LogP contribution in [0, 0.1) is 18.8 Å². The average molecular weight is 472 g/mol. The van der Waals surface area contributed by atoms with Crippen molar-refractivity contribution in [2.75, 3.05) is 12.4 Å². The van der Waals surface area contributed by atoms with E-state index in [1.165, 1.54) is 5.57 Å². The number of hydrogen-bond acceptors (Lipinski definition) is 4. The van der Waals surface area contributed by atoms with E-state index >= 15 is 0 Å². The second-order valence-corrected chi connectivity index (χ2v) is 8.08. The van der Waals surface area contributed by atoms with Gasteiger partial charge in [-0.15, -0.1) is 0 Å². The second-order valence-electron chi connectivity index (χ2n) is 8.08. The number of nitrogens with zero attached hydrogens (tertiary/aromatic N) is 3. The van der Waals surface area contributed by atoms with Crippen LogP contribution < -0.4 is 10.6 Å². The number of likely N-dealkylation sites (N-methyl/N-ethyl adjacent to an activating group) is 1. The van der Waals surface area contributed by atoms with Crippen molar-refractivity contribution >= 4 is 17.4 Å². The molecule has 1 unspecified atom stereocenters. The number of aromatic nitrogens is 3. The van der Waals surface area contributed by atoms with Crippen LogP contribution in [-0.2, 0) is 4.79 Å². The number of hydrogen-bond donors (Lipinski definition) is 2. The molecule has 0 saturated carbocycles. The van der Waals surface area contributed by atoms with E-state index in [0.29, 0.717) is 11.5 Å². The Kier molecular flexibility index (Phi) is 10.4. The molecule has 184 valence electrons. The second kappa shape index (κ2) is 13.3. The first-order valence-electron chi connectivity index (χ1n) is 12.1. The Morgan fingerprint density at radius 2 is 1.97 bits per heavy atom. The summed E-state index contributed by atoms with van der Waals surface area (Å²) in [6.45, 7) is 16.1. The number of carbonyl (C=O) groups excluding carboxylic acids is 1. The van der Waals surface area contributed by atoms with Gasteiger partial charge in [0.15, 0.2) is 0 Å². The molecule has 0 bridgehead atoms. The van der Waals surface area contributed by atoms with Crippen LogP contribution in [0.2, 0.25) is 0 Å². The standard InChI is InChI=1S/C27H31N5O.C2H6/c1-7-10-18(2)17-19(3)12-14-23-22(13-15-24(30-23)31-27(33)21(5)28-6)26-20(4)29-25-11-8-9-16-32(25)26;1-2/h8-9,11,13,15-17,21,28H,3,7,10H2,1-2,4-6H3,(H,30,31,33);1-2H3/b18-17+;. The first kappa shape index (κ1) is 27.6. The molecule has 0 spiro atoms. The number of rotatable bonds is 7. The van der Waals surface area contributed by atoms with Crippen LogP contribution in [0.15, 0.2) is 60.3 Å². The smallest absolute Gasteiger partial charge is 0.242 e. The van der Waals surface area contributed by atoms with Crippen molar-refractivity contribution in [1.82, 2.24) is 19.7 Å². The number of aryl methyl sites for hydroxylation is 1. The molecule has 0 aliphatic carbocycles. The summed E-state index contributed by atoms with van der Waals surface area (Å²) in [4.78, 5) is 21.7. The molecule has 1 amide bonds. The minimum absolute atomic E-state index is 0.162. The molecule has 1 atom stereocenters. The van der Waals surface area contributed by atoms with Crippen LogP contribution in [0.3, 0.4) is 0 Å². The van der Waals surface area contributed by atoms with Crippen molar-refractivity contribution in [1.29, 1.82) is 0 Å². The van der Waals surface area contributed by atoms with Gasteiger partial charge in [-0.2, -0.15) is 0 Å². The minimum atomic E-state index is -0.339. The predicted molar refractivity (Wildman–Crippen MR) is 146 cm³/mol. The minimum Gasteiger partial charge on any atom is -0.309 e. The molecule has 6 heteroatoms. The molecule has 0 aromatic carbocycles. The number of pyridine rings is 2. The summed E-state index contributed by atoms with van der Waals surface area (Å²) in [6, 6.07) is 9.28. The lowest BCUT2D eigenvalue weighted by molar-refractivity contribution is -0.117. The first-order chi connectivity index (χ1) is 16.8. The highest BCUT2D eigenvalue weighted by molar-refractivity contribution is 5.94. The van der Waals surface area contributed by atoms with Gasteiger partial charge in [-0.1, -0.05) is 51.3 Å². The highest BCUT2D eigenvalue weighted by Gasteiger charge is 2.17. The van der Waals surface area contributed by atoms with Crippen LogP contribution >= 0.6 is 0 Å².